The Balaban J connectivity index is 1.55. The predicted octanol–water partition coefficient (Wildman–Crippen LogP) is 9.35. The van der Waals surface area contributed by atoms with E-state index in [0.717, 1.165) is 36.0 Å². The summed E-state index contributed by atoms with van der Waals surface area (Å²) >= 11 is 0. The lowest BCUT2D eigenvalue weighted by atomic mass is 9.97. The molecule has 0 fully saturated rings. The molecule has 0 aliphatic heterocycles. The van der Waals surface area contributed by atoms with Gasteiger partial charge in [0.2, 0.25) is 5.75 Å². The summed E-state index contributed by atoms with van der Waals surface area (Å²) in [6.45, 7) is 2.16. The zero-order chi connectivity index (χ0) is 25.9. The summed E-state index contributed by atoms with van der Waals surface area (Å²) in [5.41, 5.74) is 4.22. The van der Waals surface area contributed by atoms with Gasteiger partial charge in [0.25, 0.3) is 0 Å². The highest BCUT2D eigenvalue weighted by molar-refractivity contribution is 5.74. The van der Waals surface area contributed by atoms with Crippen LogP contribution in [-0.2, 0) is 6.42 Å². The molecule has 7 heteroatoms. The summed E-state index contributed by atoms with van der Waals surface area (Å²) in [5.74, 6) is -5.53. The van der Waals surface area contributed by atoms with Crippen molar-refractivity contribution < 1.29 is 31.1 Å². The van der Waals surface area contributed by atoms with Crippen molar-refractivity contribution in [1.82, 2.24) is 0 Å². The molecule has 0 heterocycles. The molecule has 0 atom stereocenters. The molecule has 4 rings (SSSR count). The molecule has 0 aliphatic carbocycles. The van der Waals surface area contributed by atoms with Gasteiger partial charge in [0.1, 0.15) is 5.82 Å². The highest BCUT2D eigenvalue weighted by Crippen LogP contribution is 2.35. The minimum atomic E-state index is -5.26. The minimum absolute atomic E-state index is 0.158. The van der Waals surface area contributed by atoms with Crippen LogP contribution in [0.25, 0.3) is 33.4 Å². The van der Waals surface area contributed by atoms with E-state index in [2.05, 4.69) is 35.9 Å². The van der Waals surface area contributed by atoms with Gasteiger partial charge in [0.05, 0.1) is 0 Å². The number of hydrogen-bond acceptors (Lipinski definition) is 1. The van der Waals surface area contributed by atoms with Crippen LogP contribution in [0, 0.1) is 17.5 Å². The SMILES string of the molecule is CCCCc1ccc(-c2ccc(-c3ccc(-c4cc(F)c(OC(F)(F)F)c(F)c4)c(F)c3)cc2)cc1. The van der Waals surface area contributed by atoms with Crippen LogP contribution in [0.3, 0.4) is 0 Å². The Labute approximate surface area is 205 Å². The Morgan fingerprint density at radius 3 is 1.58 bits per heavy atom. The Hall–Kier alpha value is -3.74. The first-order valence-corrected chi connectivity index (χ1v) is 11.4. The molecule has 4 aromatic rings. The van der Waals surface area contributed by atoms with Crippen LogP contribution < -0.4 is 4.74 Å². The van der Waals surface area contributed by atoms with Crippen LogP contribution in [0.5, 0.6) is 5.75 Å². The molecular formula is C29H22F6O. The normalized spacial score (nSPS) is 11.5. The van der Waals surface area contributed by atoms with Crippen molar-refractivity contribution >= 4 is 0 Å². The topological polar surface area (TPSA) is 9.23 Å². The molecule has 1 nitrogen and oxygen atoms in total. The zero-order valence-corrected chi connectivity index (χ0v) is 19.3. The number of rotatable bonds is 7. The Kier molecular flexibility index (Phi) is 7.38. The van der Waals surface area contributed by atoms with Crippen molar-refractivity contribution in [2.75, 3.05) is 0 Å². The standard InChI is InChI=1S/C29H22F6O/c1-2-3-4-18-5-7-19(8-6-18)20-9-11-21(12-10-20)22-13-14-24(25(30)15-22)23-16-26(31)28(27(32)17-23)36-29(33,34)35/h5-17H,2-4H2,1H3. The van der Waals surface area contributed by atoms with E-state index in [1.54, 1.807) is 6.07 Å². The summed E-state index contributed by atoms with van der Waals surface area (Å²) in [7, 11) is 0. The van der Waals surface area contributed by atoms with Gasteiger partial charge in [-0.1, -0.05) is 74.0 Å². The van der Waals surface area contributed by atoms with Crippen LogP contribution in [0.1, 0.15) is 25.3 Å². The average Bonchev–Trinajstić information content (AvgIpc) is 2.85. The molecule has 0 bridgehead atoms. The van der Waals surface area contributed by atoms with E-state index in [4.69, 9.17) is 0 Å². The highest BCUT2D eigenvalue weighted by Gasteiger charge is 2.34. The fourth-order valence-electron chi connectivity index (χ4n) is 3.96. The first-order chi connectivity index (χ1) is 17.1. The number of aryl methyl sites for hydroxylation is 1. The van der Waals surface area contributed by atoms with Crippen molar-refractivity contribution in [3.63, 3.8) is 0 Å². The van der Waals surface area contributed by atoms with Gasteiger partial charge < -0.3 is 4.74 Å². The second-order valence-corrected chi connectivity index (χ2v) is 8.39. The molecular weight excluding hydrogens is 478 g/mol. The minimum Gasteiger partial charge on any atom is -0.399 e. The monoisotopic (exact) mass is 500 g/mol. The maximum absolute atomic E-state index is 14.9. The first kappa shape index (κ1) is 25.4. The number of hydrogen-bond donors (Lipinski definition) is 0. The van der Waals surface area contributed by atoms with Crippen LogP contribution >= 0.6 is 0 Å². The van der Waals surface area contributed by atoms with E-state index in [-0.39, 0.29) is 11.1 Å². The third-order valence-electron chi connectivity index (χ3n) is 5.82. The van der Waals surface area contributed by atoms with Crippen LogP contribution in [0.2, 0.25) is 0 Å². The van der Waals surface area contributed by atoms with Crippen molar-refractivity contribution in [2.24, 2.45) is 0 Å². The summed E-state index contributed by atoms with van der Waals surface area (Å²) < 4.78 is 83.5. The van der Waals surface area contributed by atoms with Gasteiger partial charge in [0, 0.05) is 5.56 Å². The number of ether oxygens (including phenoxy) is 1. The highest BCUT2D eigenvalue weighted by atomic mass is 19.4. The van der Waals surface area contributed by atoms with Crippen LogP contribution in [-0.4, -0.2) is 6.36 Å². The molecule has 0 unspecified atom stereocenters. The molecule has 4 aromatic carbocycles. The largest absolute Gasteiger partial charge is 0.573 e. The van der Waals surface area contributed by atoms with Crippen LogP contribution in [0.15, 0.2) is 78.9 Å². The smallest absolute Gasteiger partial charge is 0.399 e. The lowest BCUT2D eigenvalue weighted by Gasteiger charge is -2.13. The van der Waals surface area contributed by atoms with E-state index in [0.29, 0.717) is 17.7 Å². The fraction of sp³-hybridized carbons (Fsp3) is 0.172. The summed E-state index contributed by atoms with van der Waals surface area (Å²) in [6, 6.07) is 21.2. The van der Waals surface area contributed by atoms with Gasteiger partial charge in [-0.05, 0) is 64.4 Å². The van der Waals surface area contributed by atoms with Gasteiger partial charge in [-0.3, -0.25) is 0 Å². The summed E-state index contributed by atoms with van der Waals surface area (Å²) in [6.07, 6.45) is -1.93. The second kappa shape index (κ2) is 10.5. The molecule has 36 heavy (non-hydrogen) atoms. The fourth-order valence-corrected chi connectivity index (χ4v) is 3.96. The Morgan fingerprint density at radius 1 is 0.611 bits per heavy atom. The quantitative estimate of drug-likeness (QED) is 0.230. The van der Waals surface area contributed by atoms with E-state index in [1.165, 1.54) is 17.7 Å². The van der Waals surface area contributed by atoms with E-state index in [1.807, 2.05) is 24.3 Å². The van der Waals surface area contributed by atoms with E-state index >= 15 is 0 Å². The molecule has 0 saturated heterocycles. The molecule has 0 radical (unpaired) electrons. The van der Waals surface area contributed by atoms with Crippen LogP contribution in [0.4, 0.5) is 26.3 Å². The predicted molar refractivity (Wildman–Crippen MR) is 128 cm³/mol. The Bertz CT molecular complexity index is 1320. The van der Waals surface area contributed by atoms with Crippen molar-refractivity contribution in [3.8, 4) is 39.1 Å². The van der Waals surface area contributed by atoms with Gasteiger partial charge >= 0.3 is 6.36 Å². The number of halogens is 6. The van der Waals surface area contributed by atoms with Gasteiger partial charge in [-0.15, -0.1) is 13.2 Å². The van der Waals surface area contributed by atoms with Gasteiger partial charge in [-0.2, -0.15) is 0 Å². The third-order valence-corrected chi connectivity index (χ3v) is 5.82. The number of alkyl halides is 3. The van der Waals surface area contributed by atoms with E-state index < -0.39 is 29.6 Å². The third kappa shape index (κ3) is 5.90. The summed E-state index contributed by atoms with van der Waals surface area (Å²) in [4.78, 5) is 0. The van der Waals surface area contributed by atoms with Crippen molar-refractivity contribution in [3.05, 3.63) is 102 Å². The number of benzene rings is 4. The zero-order valence-electron chi connectivity index (χ0n) is 19.3. The second-order valence-electron chi connectivity index (χ2n) is 8.39. The maximum Gasteiger partial charge on any atom is 0.573 e. The molecule has 0 N–H and O–H groups in total. The number of unbranched alkanes of at least 4 members (excludes halogenated alkanes) is 1. The van der Waals surface area contributed by atoms with Gasteiger partial charge in [-0.25, -0.2) is 13.2 Å². The molecule has 0 saturated carbocycles. The average molecular weight is 500 g/mol. The van der Waals surface area contributed by atoms with Crippen molar-refractivity contribution in [1.29, 1.82) is 0 Å². The molecule has 0 aromatic heterocycles. The molecule has 0 aliphatic rings. The van der Waals surface area contributed by atoms with E-state index in [9.17, 15) is 26.3 Å². The molecule has 0 amide bonds. The summed E-state index contributed by atoms with van der Waals surface area (Å²) in [5, 5.41) is 0. The van der Waals surface area contributed by atoms with Gasteiger partial charge in [0.15, 0.2) is 11.6 Å². The molecule has 186 valence electrons. The lowest BCUT2D eigenvalue weighted by molar-refractivity contribution is -0.276. The molecule has 0 spiro atoms. The Morgan fingerprint density at radius 2 is 1.08 bits per heavy atom. The maximum atomic E-state index is 14.9. The lowest BCUT2D eigenvalue weighted by Crippen LogP contribution is -2.19. The van der Waals surface area contributed by atoms with Crippen molar-refractivity contribution in [2.45, 2.75) is 32.5 Å². The first-order valence-electron chi connectivity index (χ1n) is 11.4.